The molecule has 0 aromatic rings. The van der Waals surface area contributed by atoms with E-state index >= 15 is 0 Å². The Kier molecular flexibility index (Phi) is 54.9. The van der Waals surface area contributed by atoms with Gasteiger partial charge in [-0.1, -0.05) is 262 Å². The average molecular weight is 969 g/mol. The Balaban J connectivity index is 4.55. The van der Waals surface area contributed by atoms with E-state index in [0.29, 0.717) is 19.3 Å². The van der Waals surface area contributed by atoms with Crippen LogP contribution in [0.1, 0.15) is 316 Å². The molecular formula is C63H117NO5. The maximum atomic E-state index is 13.3. The number of esters is 1. The van der Waals surface area contributed by atoms with Crippen molar-refractivity contribution in [3.63, 3.8) is 0 Å². The fraction of sp³-hybridized carbons (Fsp3) is 0.841. The quantitative estimate of drug-likeness (QED) is 0.0321. The van der Waals surface area contributed by atoms with Crippen LogP contribution in [0.5, 0.6) is 0 Å². The fourth-order valence-electron chi connectivity index (χ4n) is 9.26. The molecule has 0 saturated carbocycles. The number of allylic oxidation sites excluding steroid dienone is 8. The number of nitrogens with one attached hydrogen (secondary N) is 1. The van der Waals surface area contributed by atoms with Crippen molar-refractivity contribution in [2.75, 3.05) is 6.61 Å². The van der Waals surface area contributed by atoms with Gasteiger partial charge in [0, 0.05) is 6.42 Å². The molecule has 0 spiro atoms. The standard InChI is InChI=1S/C63H117NO5/c1-4-7-10-13-16-19-22-25-28-30-31-32-35-38-41-44-47-50-53-56-63(68)69-59(54-51-48-45-42-39-36-33-27-24-21-18-15-12-9-6-3)57-62(67)64-60(58-65)61(66)55-52-49-46-43-40-37-34-29-26-23-20-17-14-11-8-5-2/h16,19,25,27-28,31-33,59-61,65-66H,4-15,17-18,20-24,26,29-30,34-58H2,1-3H3,(H,64,67)/b19-16-,28-25-,32-31-,33-27+. The highest BCUT2D eigenvalue weighted by molar-refractivity contribution is 5.77. The predicted octanol–water partition coefficient (Wildman–Crippen LogP) is 19.0. The maximum Gasteiger partial charge on any atom is 0.306 e. The van der Waals surface area contributed by atoms with Crippen molar-refractivity contribution in [3.8, 4) is 0 Å². The molecule has 3 atom stereocenters. The van der Waals surface area contributed by atoms with Crippen LogP contribution >= 0.6 is 0 Å². The lowest BCUT2D eigenvalue weighted by Gasteiger charge is -2.24. The highest BCUT2D eigenvalue weighted by Crippen LogP contribution is 2.18. The van der Waals surface area contributed by atoms with Gasteiger partial charge >= 0.3 is 5.97 Å². The van der Waals surface area contributed by atoms with Gasteiger partial charge < -0.3 is 20.3 Å². The molecule has 0 fully saturated rings. The summed E-state index contributed by atoms with van der Waals surface area (Å²) in [6.45, 7) is 6.48. The Labute approximate surface area is 429 Å². The summed E-state index contributed by atoms with van der Waals surface area (Å²) in [5, 5.41) is 23.9. The Morgan fingerprint density at radius 2 is 0.739 bits per heavy atom. The van der Waals surface area contributed by atoms with Gasteiger partial charge in [0.1, 0.15) is 6.10 Å². The second-order valence-corrected chi connectivity index (χ2v) is 20.7. The lowest BCUT2D eigenvalue weighted by Crippen LogP contribution is -2.46. The zero-order chi connectivity index (χ0) is 50.2. The molecule has 0 saturated heterocycles. The second-order valence-electron chi connectivity index (χ2n) is 20.7. The molecule has 0 aliphatic carbocycles. The molecule has 404 valence electrons. The maximum absolute atomic E-state index is 13.3. The molecule has 3 unspecified atom stereocenters. The SMILES string of the molecule is CCCCC/C=C\C/C=C\C/C=C\CCCCCCCCC(=O)OC(CCCCCCC/C=C/CCCCCCCC)CC(=O)NC(CO)C(O)CCCCCCCCCCCCCCCCCC. The van der Waals surface area contributed by atoms with Crippen molar-refractivity contribution >= 4 is 11.9 Å². The highest BCUT2D eigenvalue weighted by atomic mass is 16.5. The van der Waals surface area contributed by atoms with Crippen LogP contribution in [-0.2, 0) is 14.3 Å². The third kappa shape index (κ3) is 52.0. The molecule has 69 heavy (non-hydrogen) atoms. The normalized spacial score (nSPS) is 13.4. The zero-order valence-electron chi connectivity index (χ0n) is 46.2. The summed E-state index contributed by atoms with van der Waals surface area (Å²) in [5.41, 5.74) is 0. The summed E-state index contributed by atoms with van der Waals surface area (Å²) in [7, 11) is 0. The lowest BCUT2D eigenvalue weighted by atomic mass is 10.0. The minimum atomic E-state index is -0.793. The topological polar surface area (TPSA) is 95.9 Å². The van der Waals surface area contributed by atoms with Gasteiger partial charge in [-0.3, -0.25) is 9.59 Å². The van der Waals surface area contributed by atoms with E-state index in [1.54, 1.807) is 0 Å². The van der Waals surface area contributed by atoms with Crippen molar-refractivity contribution < 1.29 is 24.5 Å². The van der Waals surface area contributed by atoms with Gasteiger partial charge in [0.15, 0.2) is 0 Å². The summed E-state index contributed by atoms with van der Waals surface area (Å²) >= 11 is 0. The van der Waals surface area contributed by atoms with Gasteiger partial charge in [0.25, 0.3) is 0 Å². The number of amides is 1. The number of carbonyl (C=O) groups is 2. The molecule has 6 nitrogen and oxygen atoms in total. The lowest BCUT2D eigenvalue weighted by molar-refractivity contribution is -0.151. The van der Waals surface area contributed by atoms with Crippen LogP contribution in [0.4, 0.5) is 0 Å². The van der Waals surface area contributed by atoms with E-state index in [1.165, 1.54) is 193 Å². The third-order valence-electron chi connectivity index (χ3n) is 13.9. The minimum absolute atomic E-state index is 0.0681. The predicted molar refractivity (Wildman–Crippen MR) is 301 cm³/mol. The van der Waals surface area contributed by atoms with Gasteiger partial charge in [-0.05, 0) is 89.9 Å². The highest BCUT2D eigenvalue weighted by Gasteiger charge is 2.24. The first-order valence-corrected chi connectivity index (χ1v) is 30.4. The van der Waals surface area contributed by atoms with Crippen molar-refractivity contribution in [1.29, 1.82) is 0 Å². The number of rotatable bonds is 55. The monoisotopic (exact) mass is 968 g/mol. The summed E-state index contributed by atoms with van der Waals surface area (Å²) in [6, 6.07) is -0.708. The minimum Gasteiger partial charge on any atom is -0.462 e. The van der Waals surface area contributed by atoms with E-state index in [0.717, 1.165) is 77.0 Å². The van der Waals surface area contributed by atoms with Crippen molar-refractivity contribution in [2.24, 2.45) is 0 Å². The Morgan fingerprint density at radius 3 is 1.16 bits per heavy atom. The van der Waals surface area contributed by atoms with Crippen LogP contribution in [0.15, 0.2) is 48.6 Å². The Bertz CT molecular complexity index is 1180. The van der Waals surface area contributed by atoms with E-state index in [2.05, 4.69) is 74.7 Å². The molecule has 6 heteroatoms. The number of unbranched alkanes of at least 4 members (excludes halogenated alkanes) is 35. The molecular weight excluding hydrogens is 851 g/mol. The van der Waals surface area contributed by atoms with Crippen LogP contribution in [-0.4, -0.2) is 46.9 Å². The molecule has 0 aromatic heterocycles. The zero-order valence-corrected chi connectivity index (χ0v) is 46.2. The van der Waals surface area contributed by atoms with Crippen LogP contribution in [0, 0.1) is 0 Å². The van der Waals surface area contributed by atoms with Crippen molar-refractivity contribution in [3.05, 3.63) is 48.6 Å². The summed E-state index contributed by atoms with van der Waals surface area (Å²) < 4.78 is 5.97. The second kappa shape index (κ2) is 56.7. The van der Waals surface area contributed by atoms with Crippen LogP contribution in [0.25, 0.3) is 0 Å². The first-order chi connectivity index (χ1) is 34.0. The Hall–Kier alpha value is -2.18. The summed E-state index contributed by atoms with van der Waals surface area (Å²) in [6.07, 6.45) is 70.3. The number of ether oxygens (including phenoxy) is 1. The van der Waals surface area contributed by atoms with Gasteiger partial charge in [-0.15, -0.1) is 0 Å². The summed E-state index contributed by atoms with van der Waals surface area (Å²) in [5.74, 6) is -0.483. The van der Waals surface area contributed by atoms with E-state index < -0.39 is 18.2 Å². The van der Waals surface area contributed by atoms with Crippen LogP contribution in [0.3, 0.4) is 0 Å². The molecule has 0 aliphatic heterocycles. The molecule has 0 bridgehead atoms. The average Bonchev–Trinajstić information content (AvgIpc) is 3.34. The van der Waals surface area contributed by atoms with Gasteiger partial charge in [-0.2, -0.15) is 0 Å². The Morgan fingerprint density at radius 1 is 0.420 bits per heavy atom. The van der Waals surface area contributed by atoms with Crippen molar-refractivity contribution in [1.82, 2.24) is 5.32 Å². The molecule has 0 aliphatic rings. The number of aliphatic hydroxyl groups excluding tert-OH is 2. The molecule has 3 N–H and O–H groups in total. The number of carbonyl (C=O) groups excluding carboxylic acids is 2. The molecule has 0 rings (SSSR count). The van der Waals surface area contributed by atoms with Gasteiger partial charge in [-0.25, -0.2) is 0 Å². The van der Waals surface area contributed by atoms with E-state index in [9.17, 15) is 19.8 Å². The smallest absolute Gasteiger partial charge is 0.306 e. The molecule has 1 amide bonds. The van der Waals surface area contributed by atoms with Gasteiger partial charge in [0.05, 0.1) is 25.2 Å². The van der Waals surface area contributed by atoms with Crippen molar-refractivity contribution in [2.45, 2.75) is 334 Å². The van der Waals surface area contributed by atoms with Gasteiger partial charge in [0.2, 0.25) is 5.91 Å². The first kappa shape index (κ1) is 66.8. The molecule has 0 aromatic carbocycles. The van der Waals surface area contributed by atoms with Crippen LogP contribution < -0.4 is 5.32 Å². The number of aliphatic hydroxyl groups is 2. The number of hydrogen-bond donors (Lipinski definition) is 3. The van der Waals surface area contributed by atoms with Crippen LogP contribution in [0.2, 0.25) is 0 Å². The first-order valence-electron chi connectivity index (χ1n) is 30.4. The summed E-state index contributed by atoms with van der Waals surface area (Å²) in [4.78, 5) is 26.3. The third-order valence-corrected chi connectivity index (χ3v) is 13.9. The largest absolute Gasteiger partial charge is 0.462 e. The molecule has 0 radical (unpaired) electrons. The van der Waals surface area contributed by atoms with E-state index in [1.807, 2.05) is 0 Å². The van der Waals surface area contributed by atoms with E-state index in [-0.39, 0.29) is 24.9 Å². The molecule has 0 heterocycles. The fourth-order valence-corrected chi connectivity index (χ4v) is 9.26. The number of hydrogen-bond acceptors (Lipinski definition) is 5. The van der Waals surface area contributed by atoms with E-state index in [4.69, 9.17) is 4.74 Å².